The lowest BCUT2D eigenvalue weighted by Gasteiger charge is -2.18. The van der Waals surface area contributed by atoms with E-state index in [1.54, 1.807) is 36.4 Å². The largest absolute Gasteiger partial charge is 0.496 e. The third-order valence-corrected chi connectivity index (χ3v) is 4.87. The maximum absolute atomic E-state index is 12.5. The Morgan fingerprint density at radius 3 is 2.20 bits per heavy atom. The van der Waals surface area contributed by atoms with Gasteiger partial charge in [-0.05, 0) is 43.4 Å². The van der Waals surface area contributed by atoms with Crippen LogP contribution in [0.5, 0.6) is 5.75 Å². The molecule has 0 aliphatic carbocycles. The first kappa shape index (κ1) is 23.8. The van der Waals surface area contributed by atoms with Gasteiger partial charge < -0.3 is 25.6 Å². The molecule has 7 nitrogen and oxygen atoms in total. The smallest absolute Gasteiger partial charge is 0.323 e. The molecule has 0 aliphatic heterocycles. The van der Waals surface area contributed by atoms with Crippen LogP contribution in [0.3, 0.4) is 0 Å². The van der Waals surface area contributed by atoms with E-state index < -0.39 is 6.03 Å². The molecule has 0 spiro atoms. The van der Waals surface area contributed by atoms with Crippen LogP contribution in [0.2, 0.25) is 10.0 Å². The Balaban J connectivity index is 2.00. The number of halogens is 2. The fraction of sp³-hybridized carbons (Fsp3) is 0.333. The summed E-state index contributed by atoms with van der Waals surface area (Å²) in [5.74, 6) is 0.127. The molecule has 0 atom stereocenters. The molecule has 3 amide bonds. The number of amides is 3. The number of hydrogen-bond donors (Lipinski definition) is 3. The maximum Gasteiger partial charge on any atom is 0.323 e. The first-order valence-corrected chi connectivity index (χ1v) is 10.3. The van der Waals surface area contributed by atoms with Gasteiger partial charge in [0.2, 0.25) is 0 Å². The van der Waals surface area contributed by atoms with Crippen LogP contribution in [0.1, 0.15) is 24.2 Å². The van der Waals surface area contributed by atoms with Gasteiger partial charge in [-0.25, -0.2) is 4.79 Å². The minimum atomic E-state index is -0.480. The summed E-state index contributed by atoms with van der Waals surface area (Å²) in [5.41, 5.74) is 1.32. The Morgan fingerprint density at radius 2 is 1.60 bits per heavy atom. The van der Waals surface area contributed by atoms with E-state index in [0.29, 0.717) is 39.3 Å². The van der Waals surface area contributed by atoms with E-state index in [-0.39, 0.29) is 5.91 Å². The van der Waals surface area contributed by atoms with Crippen LogP contribution in [-0.4, -0.2) is 50.1 Å². The normalized spacial score (nSPS) is 10.6. The number of nitrogens with zero attached hydrogens (tertiary/aromatic N) is 1. The second-order valence-electron chi connectivity index (χ2n) is 6.44. The molecule has 2 aromatic carbocycles. The summed E-state index contributed by atoms with van der Waals surface area (Å²) < 4.78 is 5.33. The van der Waals surface area contributed by atoms with Crippen molar-refractivity contribution in [3.63, 3.8) is 0 Å². The molecule has 30 heavy (non-hydrogen) atoms. The molecule has 0 aliphatic rings. The lowest BCUT2D eigenvalue weighted by Crippen LogP contribution is -2.34. The third-order valence-electron chi connectivity index (χ3n) is 4.43. The van der Waals surface area contributed by atoms with Crippen molar-refractivity contribution in [3.05, 3.63) is 52.0 Å². The molecule has 2 aromatic rings. The zero-order valence-electron chi connectivity index (χ0n) is 17.2. The van der Waals surface area contributed by atoms with Crippen molar-refractivity contribution in [2.75, 3.05) is 43.9 Å². The van der Waals surface area contributed by atoms with Crippen molar-refractivity contribution < 1.29 is 14.3 Å². The van der Waals surface area contributed by atoms with Crippen molar-refractivity contribution in [2.24, 2.45) is 0 Å². The molecule has 0 aromatic heterocycles. The third kappa shape index (κ3) is 7.09. The van der Waals surface area contributed by atoms with Crippen molar-refractivity contribution >= 4 is 46.5 Å². The molecule has 0 fully saturated rings. The highest BCUT2D eigenvalue weighted by Crippen LogP contribution is 2.25. The van der Waals surface area contributed by atoms with Crippen LogP contribution in [0.15, 0.2) is 36.4 Å². The standard InChI is InChI=1S/C21H26Cl2N4O3/c1-4-27(5-2)9-8-24-20(28)18-7-6-16(13-19(18)30-3)25-21(29)26-17-11-14(22)10-15(23)12-17/h6-7,10-13H,4-5,8-9H2,1-3H3,(H,24,28)(H2,25,26,29). The first-order chi connectivity index (χ1) is 14.4. The monoisotopic (exact) mass is 452 g/mol. The Kier molecular flexibility index (Phi) is 9.23. The molecule has 2 rings (SSSR count). The molecule has 0 saturated heterocycles. The minimum Gasteiger partial charge on any atom is -0.496 e. The zero-order chi connectivity index (χ0) is 22.1. The average molecular weight is 453 g/mol. The molecule has 0 saturated carbocycles. The number of benzene rings is 2. The summed E-state index contributed by atoms with van der Waals surface area (Å²) in [6.45, 7) is 7.33. The predicted octanol–water partition coefficient (Wildman–Crippen LogP) is 4.72. The second kappa shape index (κ2) is 11.6. The van der Waals surface area contributed by atoms with Crippen LogP contribution < -0.4 is 20.7 Å². The molecule has 162 valence electrons. The van der Waals surface area contributed by atoms with Crippen LogP contribution >= 0.6 is 23.2 Å². The van der Waals surface area contributed by atoms with Gasteiger partial charge in [-0.2, -0.15) is 0 Å². The lowest BCUT2D eigenvalue weighted by molar-refractivity contribution is 0.0946. The van der Waals surface area contributed by atoms with Crippen LogP contribution in [0.4, 0.5) is 16.2 Å². The summed E-state index contributed by atoms with van der Waals surface area (Å²) >= 11 is 11.9. The fourth-order valence-electron chi connectivity index (χ4n) is 2.84. The number of carbonyl (C=O) groups excluding carboxylic acids is 2. The van der Waals surface area contributed by atoms with Gasteiger partial charge in [0.05, 0.1) is 12.7 Å². The minimum absolute atomic E-state index is 0.233. The van der Waals surface area contributed by atoms with E-state index in [1.807, 2.05) is 0 Å². The number of nitrogens with one attached hydrogen (secondary N) is 3. The quantitative estimate of drug-likeness (QED) is 0.513. The number of ether oxygens (including phenoxy) is 1. The van der Waals surface area contributed by atoms with Crippen LogP contribution in [0.25, 0.3) is 0 Å². The molecule has 3 N–H and O–H groups in total. The number of likely N-dealkylation sites (N-methyl/N-ethyl adjacent to an activating group) is 1. The van der Waals surface area contributed by atoms with Gasteiger partial charge in [0.25, 0.3) is 5.91 Å². The highest BCUT2D eigenvalue weighted by molar-refractivity contribution is 6.35. The molecule has 0 unspecified atom stereocenters. The second-order valence-corrected chi connectivity index (χ2v) is 7.31. The fourth-order valence-corrected chi connectivity index (χ4v) is 3.36. The molecule has 0 radical (unpaired) electrons. The van der Waals surface area contributed by atoms with Gasteiger partial charge >= 0.3 is 6.03 Å². The van der Waals surface area contributed by atoms with Gasteiger partial charge in [-0.3, -0.25) is 4.79 Å². The van der Waals surface area contributed by atoms with E-state index in [4.69, 9.17) is 27.9 Å². The van der Waals surface area contributed by atoms with Crippen molar-refractivity contribution in [1.29, 1.82) is 0 Å². The number of rotatable bonds is 9. The van der Waals surface area contributed by atoms with Crippen LogP contribution in [0, 0.1) is 0 Å². The number of hydrogen-bond acceptors (Lipinski definition) is 4. The van der Waals surface area contributed by atoms with Crippen LogP contribution in [-0.2, 0) is 0 Å². The SMILES string of the molecule is CCN(CC)CCNC(=O)c1ccc(NC(=O)Nc2cc(Cl)cc(Cl)c2)cc1OC. The van der Waals surface area contributed by atoms with E-state index in [9.17, 15) is 9.59 Å². The lowest BCUT2D eigenvalue weighted by atomic mass is 10.1. The van der Waals surface area contributed by atoms with Crippen molar-refractivity contribution in [1.82, 2.24) is 10.2 Å². The van der Waals surface area contributed by atoms with E-state index in [2.05, 4.69) is 34.7 Å². The van der Waals surface area contributed by atoms with Gasteiger partial charge in [0.1, 0.15) is 5.75 Å². The van der Waals surface area contributed by atoms with E-state index in [0.717, 1.165) is 19.6 Å². The Hall–Kier alpha value is -2.48. The molecule has 0 heterocycles. The topological polar surface area (TPSA) is 82.7 Å². The average Bonchev–Trinajstić information content (AvgIpc) is 2.70. The predicted molar refractivity (Wildman–Crippen MR) is 122 cm³/mol. The highest BCUT2D eigenvalue weighted by atomic mass is 35.5. The molecular formula is C21H26Cl2N4O3. The van der Waals surface area contributed by atoms with Gasteiger partial charge in [-0.15, -0.1) is 0 Å². The van der Waals surface area contributed by atoms with E-state index >= 15 is 0 Å². The summed E-state index contributed by atoms with van der Waals surface area (Å²) in [6.07, 6.45) is 0. The molecular weight excluding hydrogens is 427 g/mol. The highest BCUT2D eigenvalue weighted by Gasteiger charge is 2.14. The number of carbonyl (C=O) groups is 2. The maximum atomic E-state index is 12.5. The van der Waals surface area contributed by atoms with Gasteiger partial charge in [0.15, 0.2) is 0 Å². The van der Waals surface area contributed by atoms with Gasteiger partial charge in [-0.1, -0.05) is 37.0 Å². The zero-order valence-corrected chi connectivity index (χ0v) is 18.7. The van der Waals surface area contributed by atoms with E-state index in [1.165, 1.54) is 7.11 Å². The number of urea groups is 1. The Bertz CT molecular complexity index is 868. The summed E-state index contributed by atoms with van der Waals surface area (Å²) in [4.78, 5) is 27.0. The number of methoxy groups -OCH3 is 1. The first-order valence-electron chi connectivity index (χ1n) is 9.59. The summed E-state index contributed by atoms with van der Waals surface area (Å²) in [5, 5.41) is 9.06. The van der Waals surface area contributed by atoms with Gasteiger partial charge in [0, 0.05) is 40.6 Å². The summed E-state index contributed by atoms with van der Waals surface area (Å²) in [6, 6.07) is 9.08. The van der Waals surface area contributed by atoms with Crippen molar-refractivity contribution in [3.8, 4) is 5.75 Å². The Labute approximate surface area is 186 Å². The summed E-state index contributed by atoms with van der Waals surface area (Å²) in [7, 11) is 1.47. The molecule has 9 heteroatoms. The van der Waals surface area contributed by atoms with Crippen molar-refractivity contribution in [2.45, 2.75) is 13.8 Å². The molecule has 0 bridgehead atoms. The Morgan fingerprint density at radius 1 is 0.967 bits per heavy atom. The number of anilines is 2.